The first kappa shape index (κ1) is 20.1. The Morgan fingerprint density at radius 1 is 1.29 bits per heavy atom. The number of nitrogens with zero attached hydrogens (tertiary/aromatic N) is 1. The number of aliphatic carboxylic acids is 1. The number of hydrogen-bond acceptors (Lipinski definition) is 5. The summed E-state index contributed by atoms with van der Waals surface area (Å²) < 4.78 is 5.14. The molecular formula is C21H26N2O5. The average Bonchev–Trinajstić information content (AvgIpc) is 3.10. The third-order valence-corrected chi connectivity index (χ3v) is 5.64. The van der Waals surface area contributed by atoms with Gasteiger partial charge in [0.25, 0.3) is 0 Å². The number of nitrogens with one attached hydrogen (secondary N) is 1. The number of hydrogen-bond donors (Lipinski definition) is 2. The molecule has 2 saturated heterocycles. The second-order valence-corrected chi connectivity index (χ2v) is 7.92. The van der Waals surface area contributed by atoms with Crippen LogP contribution in [0.4, 0.5) is 0 Å². The Hall–Kier alpha value is -2.67. The van der Waals surface area contributed by atoms with Crippen molar-refractivity contribution in [1.82, 2.24) is 10.2 Å². The van der Waals surface area contributed by atoms with Crippen LogP contribution in [-0.4, -0.2) is 53.5 Å². The van der Waals surface area contributed by atoms with Gasteiger partial charge >= 0.3 is 5.97 Å². The highest BCUT2D eigenvalue weighted by Crippen LogP contribution is 2.45. The number of carbonyl (C=O) groups excluding carboxylic acids is 2. The van der Waals surface area contributed by atoms with E-state index in [1.165, 1.54) is 7.05 Å². The molecule has 0 spiro atoms. The lowest BCUT2D eigenvalue weighted by atomic mass is 9.75. The monoisotopic (exact) mass is 386 g/mol. The maximum absolute atomic E-state index is 12.8. The lowest BCUT2D eigenvalue weighted by molar-refractivity contribution is -0.151. The zero-order valence-corrected chi connectivity index (χ0v) is 16.5. The van der Waals surface area contributed by atoms with Crippen molar-refractivity contribution in [3.05, 3.63) is 35.9 Å². The van der Waals surface area contributed by atoms with Gasteiger partial charge in [-0.3, -0.25) is 24.6 Å². The van der Waals surface area contributed by atoms with Crippen LogP contribution in [0.25, 0.3) is 6.08 Å². The van der Waals surface area contributed by atoms with Crippen LogP contribution < -0.4 is 10.1 Å². The summed E-state index contributed by atoms with van der Waals surface area (Å²) in [7, 11) is 3.02. The van der Waals surface area contributed by atoms with Gasteiger partial charge in [0.05, 0.1) is 18.9 Å². The van der Waals surface area contributed by atoms with E-state index >= 15 is 0 Å². The zero-order chi connectivity index (χ0) is 20.6. The molecule has 2 fully saturated rings. The van der Waals surface area contributed by atoms with Gasteiger partial charge in [0.2, 0.25) is 11.8 Å². The van der Waals surface area contributed by atoms with E-state index in [9.17, 15) is 19.5 Å². The number of fused-ring (bicyclic) bond motifs is 1. The number of likely N-dealkylation sites (tertiary alicyclic amines) is 1. The van der Waals surface area contributed by atoms with Crippen molar-refractivity contribution in [2.45, 2.75) is 31.8 Å². The fourth-order valence-corrected chi connectivity index (χ4v) is 4.40. The fraction of sp³-hybridized carbons (Fsp3) is 0.476. The van der Waals surface area contributed by atoms with Gasteiger partial charge < -0.3 is 9.84 Å². The van der Waals surface area contributed by atoms with E-state index in [0.717, 1.165) is 16.2 Å². The highest BCUT2D eigenvalue weighted by Gasteiger charge is 2.67. The Morgan fingerprint density at radius 3 is 2.46 bits per heavy atom. The summed E-state index contributed by atoms with van der Waals surface area (Å²) >= 11 is 0. The molecule has 0 aromatic heterocycles. The SMILES string of the molecule is COc1ccc(C=CC2NC(CC(C)C)(C(=O)O)C3C(=O)N(C)C(=O)C23)cc1. The topological polar surface area (TPSA) is 95.9 Å². The quantitative estimate of drug-likeness (QED) is 0.724. The molecule has 0 bridgehead atoms. The standard InChI is InChI=1S/C21H26N2O5/c1-12(2)11-21(20(26)27)17-16(18(24)23(3)19(17)25)15(22-21)10-7-13-5-8-14(28-4)9-6-13/h5-10,12,15-17,22H,11H2,1-4H3,(H,26,27). The minimum Gasteiger partial charge on any atom is -0.497 e. The first-order valence-electron chi connectivity index (χ1n) is 9.36. The van der Waals surface area contributed by atoms with E-state index in [1.807, 2.05) is 44.2 Å². The first-order valence-corrected chi connectivity index (χ1v) is 9.36. The van der Waals surface area contributed by atoms with E-state index in [0.29, 0.717) is 0 Å². The average molecular weight is 386 g/mol. The molecule has 1 aromatic rings. The number of carbonyl (C=O) groups is 3. The summed E-state index contributed by atoms with van der Waals surface area (Å²) in [6, 6.07) is 6.84. The molecule has 2 amide bonds. The molecule has 2 aliphatic rings. The molecule has 0 saturated carbocycles. The third-order valence-electron chi connectivity index (χ3n) is 5.64. The van der Waals surface area contributed by atoms with Crippen molar-refractivity contribution in [3.63, 3.8) is 0 Å². The molecule has 3 rings (SSSR count). The molecule has 0 aliphatic carbocycles. The summed E-state index contributed by atoms with van der Waals surface area (Å²) in [5.41, 5.74) is -0.563. The Bertz CT molecular complexity index is 817. The molecule has 2 heterocycles. The maximum atomic E-state index is 12.8. The van der Waals surface area contributed by atoms with Gasteiger partial charge in [-0.25, -0.2) is 0 Å². The van der Waals surface area contributed by atoms with Crippen LogP contribution in [0.5, 0.6) is 5.75 Å². The van der Waals surface area contributed by atoms with E-state index in [1.54, 1.807) is 13.2 Å². The van der Waals surface area contributed by atoms with Crippen LogP contribution >= 0.6 is 0 Å². The molecular weight excluding hydrogens is 360 g/mol. The Kier molecular flexibility index (Phi) is 5.30. The molecule has 7 heteroatoms. The summed E-state index contributed by atoms with van der Waals surface area (Å²) in [5.74, 6) is -2.70. The number of carboxylic acid groups (broad SMARTS) is 1. The minimum absolute atomic E-state index is 0.0439. The lowest BCUT2D eigenvalue weighted by Crippen LogP contribution is -2.57. The molecule has 0 radical (unpaired) electrons. The molecule has 150 valence electrons. The first-order chi connectivity index (χ1) is 13.2. The highest BCUT2D eigenvalue weighted by molar-refractivity contribution is 6.09. The molecule has 2 N–H and O–H groups in total. The van der Waals surface area contributed by atoms with Crippen molar-refractivity contribution in [2.75, 3.05) is 14.2 Å². The van der Waals surface area contributed by atoms with Crippen molar-refractivity contribution in [2.24, 2.45) is 17.8 Å². The van der Waals surface area contributed by atoms with Crippen LogP contribution in [0.1, 0.15) is 25.8 Å². The Labute approximate surface area is 164 Å². The maximum Gasteiger partial charge on any atom is 0.324 e. The van der Waals surface area contributed by atoms with Crippen LogP contribution in [-0.2, 0) is 14.4 Å². The number of benzene rings is 1. The summed E-state index contributed by atoms with van der Waals surface area (Å²) in [6.45, 7) is 3.82. The number of imide groups is 1. The second-order valence-electron chi connectivity index (χ2n) is 7.92. The number of rotatable bonds is 6. The molecule has 7 nitrogen and oxygen atoms in total. The Balaban J connectivity index is 1.97. The zero-order valence-electron chi connectivity index (χ0n) is 16.5. The van der Waals surface area contributed by atoms with Gasteiger partial charge in [-0.05, 0) is 30.0 Å². The number of carboxylic acids is 1. The fourth-order valence-electron chi connectivity index (χ4n) is 4.40. The number of ether oxygens (including phenoxy) is 1. The van der Waals surface area contributed by atoms with Gasteiger partial charge in [0.15, 0.2) is 0 Å². The largest absolute Gasteiger partial charge is 0.497 e. The molecule has 1 aromatic carbocycles. The van der Waals surface area contributed by atoms with Crippen molar-refractivity contribution < 1.29 is 24.2 Å². The van der Waals surface area contributed by atoms with Gasteiger partial charge in [-0.1, -0.05) is 38.1 Å². The van der Waals surface area contributed by atoms with Crippen LogP contribution in [0.2, 0.25) is 0 Å². The summed E-state index contributed by atoms with van der Waals surface area (Å²) in [6.07, 6.45) is 3.88. The second kappa shape index (κ2) is 7.39. The summed E-state index contributed by atoms with van der Waals surface area (Å²) in [4.78, 5) is 38.8. The van der Waals surface area contributed by atoms with Gasteiger partial charge in [0, 0.05) is 13.1 Å². The van der Waals surface area contributed by atoms with E-state index in [4.69, 9.17) is 4.74 Å². The number of methoxy groups -OCH3 is 1. The predicted octanol–water partition coefficient (Wildman–Crippen LogP) is 1.78. The molecule has 28 heavy (non-hydrogen) atoms. The predicted molar refractivity (Wildman–Crippen MR) is 104 cm³/mol. The highest BCUT2D eigenvalue weighted by atomic mass is 16.5. The molecule has 4 atom stereocenters. The summed E-state index contributed by atoms with van der Waals surface area (Å²) in [5, 5.41) is 13.2. The number of amides is 2. The molecule has 2 aliphatic heterocycles. The van der Waals surface area contributed by atoms with Crippen LogP contribution in [0.15, 0.2) is 30.3 Å². The normalized spacial score (nSPS) is 29.8. The van der Waals surface area contributed by atoms with Crippen molar-refractivity contribution in [3.8, 4) is 5.75 Å². The van der Waals surface area contributed by atoms with Gasteiger partial charge in [-0.15, -0.1) is 0 Å². The van der Waals surface area contributed by atoms with Crippen molar-refractivity contribution >= 4 is 23.9 Å². The smallest absolute Gasteiger partial charge is 0.324 e. The lowest BCUT2D eigenvalue weighted by Gasteiger charge is -2.31. The molecule has 4 unspecified atom stereocenters. The third kappa shape index (κ3) is 3.20. The van der Waals surface area contributed by atoms with Gasteiger partial charge in [-0.2, -0.15) is 0 Å². The van der Waals surface area contributed by atoms with Gasteiger partial charge in [0.1, 0.15) is 11.3 Å². The van der Waals surface area contributed by atoms with Crippen LogP contribution in [0.3, 0.4) is 0 Å². The van der Waals surface area contributed by atoms with E-state index in [2.05, 4.69) is 5.32 Å². The Morgan fingerprint density at radius 2 is 1.93 bits per heavy atom. The van der Waals surface area contributed by atoms with Crippen molar-refractivity contribution in [1.29, 1.82) is 0 Å². The van der Waals surface area contributed by atoms with E-state index in [-0.39, 0.29) is 18.2 Å². The minimum atomic E-state index is -1.45. The van der Waals surface area contributed by atoms with E-state index < -0.39 is 35.3 Å². The van der Waals surface area contributed by atoms with Crippen LogP contribution in [0, 0.1) is 17.8 Å².